The molecule has 0 aliphatic carbocycles. The molecule has 10 heteroatoms. The number of carbonyl (C=O) groups excluding carboxylic acids is 1. The number of aromatic amines is 1. The normalized spacial score (nSPS) is 24.1. The van der Waals surface area contributed by atoms with Gasteiger partial charge in [0.1, 0.15) is 11.9 Å². The lowest BCUT2D eigenvalue weighted by atomic mass is 9.73. The summed E-state index contributed by atoms with van der Waals surface area (Å²) in [6.45, 7) is 12.6. The first-order valence-electron chi connectivity index (χ1n) is 14.5. The first-order valence-corrected chi connectivity index (χ1v) is 14.5. The summed E-state index contributed by atoms with van der Waals surface area (Å²) in [6, 6.07) is 12.0. The van der Waals surface area contributed by atoms with E-state index in [4.69, 9.17) is 4.98 Å². The fourth-order valence-electron chi connectivity index (χ4n) is 7.76. The second-order valence-electron chi connectivity index (χ2n) is 12.6. The second kappa shape index (κ2) is 9.57. The van der Waals surface area contributed by atoms with Crippen molar-refractivity contribution < 1.29 is 4.79 Å². The van der Waals surface area contributed by atoms with Crippen LogP contribution in [-0.2, 0) is 0 Å². The monoisotopic (exact) mass is 552 g/mol. The van der Waals surface area contributed by atoms with E-state index in [1.54, 1.807) is 12.3 Å². The topological polar surface area (TPSA) is 103 Å². The van der Waals surface area contributed by atoms with Crippen LogP contribution in [0.3, 0.4) is 0 Å². The van der Waals surface area contributed by atoms with Crippen LogP contribution < -0.4 is 15.4 Å². The van der Waals surface area contributed by atoms with Crippen LogP contribution in [0.1, 0.15) is 28.4 Å². The van der Waals surface area contributed by atoms with E-state index in [0.717, 1.165) is 81.4 Å². The lowest BCUT2D eigenvalue weighted by molar-refractivity contribution is -0.0872. The number of anilines is 2. The maximum atomic E-state index is 13.1. The molecule has 4 fully saturated rings. The van der Waals surface area contributed by atoms with Crippen LogP contribution in [0.25, 0.3) is 10.9 Å². The fraction of sp³-hybridized carbons (Fsp3) is 0.484. The van der Waals surface area contributed by atoms with E-state index in [1.807, 2.05) is 23.1 Å². The lowest BCUT2D eigenvalue weighted by Crippen LogP contribution is -2.72. The molecule has 4 aliphatic rings. The molecule has 4 aliphatic heterocycles. The number of H-pyrrole nitrogens is 1. The standard InChI is InChI=1S/C31H36N8O2/c1-20-10-23(30(41)38-18-31(19-38)16-35(3)17-31)12-33-29(20)36-8-9-39-21(2)13-37(15-24(39)14-36)26-6-4-22(11-32)28-25(26)5-7-27(40)34-28/h4-7,10,12,21,24H,8-9,13-19H2,1-3H3,(H,34,40)/t21-,24?/m0/s1. The molecule has 4 saturated heterocycles. The molecule has 1 amide bonds. The number of benzene rings is 1. The van der Waals surface area contributed by atoms with Gasteiger partial charge in [0.2, 0.25) is 5.56 Å². The van der Waals surface area contributed by atoms with Crippen molar-refractivity contribution in [1.29, 1.82) is 5.26 Å². The largest absolute Gasteiger partial charge is 0.368 e. The minimum absolute atomic E-state index is 0.0879. The van der Waals surface area contributed by atoms with Crippen LogP contribution in [0.4, 0.5) is 11.5 Å². The molecular weight excluding hydrogens is 516 g/mol. The molecule has 212 valence electrons. The summed E-state index contributed by atoms with van der Waals surface area (Å²) in [5.74, 6) is 1.04. The Balaban J connectivity index is 1.08. The van der Waals surface area contributed by atoms with Gasteiger partial charge in [-0.15, -0.1) is 0 Å². The molecule has 6 heterocycles. The average molecular weight is 553 g/mol. The predicted molar refractivity (Wildman–Crippen MR) is 158 cm³/mol. The van der Waals surface area contributed by atoms with Gasteiger partial charge < -0.3 is 24.6 Å². The number of nitrogens with one attached hydrogen (secondary N) is 1. The van der Waals surface area contributed by atoms with E-state index in [9.17, 15) is 14.9 Å². The summed E-state index contributed by atoms with van der Waals surface area (Å²) in [5.41, 5.74) is 3.94. The van der Waals surface area contributed by atoms with Crippen LogP contribution in [0.5, 0.6) is 0 Å². The molecule has 7 rings (SSSR count). The second-order valence-corrected chi connectivity index (χ2v) is 12.6. The Morgan fingerprint density at radius 1 is 1.07 bits per heavy atom. The summed E-state index contributed by atoms with van der Waals surface area (Å²) in [6.07, 6.45) is 1.76. The van der Waals surface area contributed by atoms with Gasteiger partial charge in [0, 0.05) is 99.7 Å². The maximum absolute atomic E-state index is 13.1. The Labute approximate surface area is 239 Å². The van der Waals surface area contributed by atoms with Crippen molar-refractivity contribution in [1.82, 2.24) is 24.7 Å². The van der Waals surface area contributed by atoms with Crippen molar-refractivity contribution in [2.75, 3.05) is 75.8 Å². The summed E-state index contributed by atoms with van der Waals surface area (Å²) in [5, 5.41) is 10.5. The van der Waals surface area contributed by atoms with Crippen LogP contribution in [0.2, 0.25) is 0 Å². The zero-order valence-electron chi connectivity index (χ0n) is 23.9. The van der Waals surface area contributed by atoms with E-state index < -0.39 is 0 Å². The Hall–Kier alpha value is -3.94. The van der Waals surface area contributed by atoms with Gasteiger partial charge in [-0.1, -0.05) is 0 Å². The number of rotatable bonds is 3. The zero-order valence-corrected chi connectivity index (χ0v) is 23.9. The van der Waals surface area contributed by atoms with Crippen molar-refractivity contribution >= 4 is 28.3 Å². The SMILES string of the molecule is Cc1cc(C(=O)N2CC3(CN(C)C3)C2)cnc1N1CCN2C(C1)CN(c1ccc(C#N)c3[nH]c(=O)ccc13)C[C@@H]2C. The Bertz CT molecular complexity index is 1630. The van der Waals surface area contributed by atoms with E-state index in [-0.39, 0.29) is 11.5 Å². The summed E-state index contributed by atoms with van der Waals surface area (Å²) < 4.78 is 0. The third-order valence-corrected chi connectivity index (χ3v) is 9.49. The van der Waals surface area contributed by atoms with E-state index in [2.05, 4.69) is 51.5 Å². The Morgan fingerprint density at radius 3 is 2.59 bits per heavy atom. The number of carbonyl (C=O) groups is 1. The highest BCUT2D eigenvalue weighted by Crippen LogP contribution is 2.39. The third-order valence-electron chi connectivity index (χ3n) is 9.49. The van der Waals surface area contributed by atoms with E-state index in [1.165, 1.54) is 6.07 Å². The predicted octanol–water partition coefficient (Wildman–Crippen LogP) is 1.89. The van der Waals surface area contributed by atoms with Gasteiger partial charge in [0.05, 0.1) is 16.6 Å². The van der Waals surface area contributed by atoms with Crippen molar-refractivity contribution in [2.24, 2.45) is 5.41 Å². The molecule has 2 aromatic heterocycles. The molecule has 0 saturated carbocycles. The van der Waals surface area contributed by atoms with Crippen molar-refractivity contribution in [3.63, 3.8) is 0 Å². The first kappa shape index (κ1) is 26.0. The van der Waals surface area contributed by atoms with Crippen LogP contribution >= 0.6 is 0 Å². The molecule has 41 heavy (non-hydrogen) atoms. The van der Waals surface area contributed by atoms with Gasteiger partial charge in [0.25, 0.3) is 5.91 Å². The molecule has 10 nitrogen and oxygen atoms in total. The van der Waals surface area contributed by atoms with Gasteiger partial charge >= 0.3 is 0 Å². The zero-order chi connectivity index (χ0) is 28.5. The highest BCUT2D eigenvalue weighted by molar-refractivity contribution is 5.96. The highest BCUT2D eigenvalue weighted by Gasteiger charge is 2.52. The molecule has 1 N–H and O–H groups in total. The molecule has 1 spiro atoms. The molecular formula is C31H36N8O2. The van der Waals surface area contributed by atoms with Crippen LogP contribution in [0.15, 0.2) is 41.3 Å². The number of hydrogen-bond donors (Lipinski definition) is 1. The smallest absolute Gasteiger partial charge is 0.255 e. The van der Waals surface area contributed by atoms with E-state index in [0.29, 0.717) is 34.1 Å². The Kier molecular flexibility index (Phi) is 6.07. The summed E-state index contributed by atoms with van der Waals surface area (Å²) in [4.78, 5) is 44.4. The number of aryl methyl sites for hydroxylation is 1. The van der Waals surface area contributed by atoms with Gasteiger partial charge in [-0.3, -0.25) is 14.5 Å². The number of amides is 1. The van der Waals surface area contributed by atoms with Crippen LogP contribution in [0, 0.1) is 23.7 Å². The number of piperazine rings is 2. The van der Waals surface area contributed by atoms with E-state index >= 15 is 0 Å². The molecule has 1 unspecified atom stereocenters. The Morgan fingerprint density at radius 2 is 1.85 bits per heavy atom. The minimum atomic E-state index is -0.206. The number of hydrogen-bond acceptors (Lipinski definition) is 8. The number of fused-ring (bicyclic) bond motifs is 2. The first-order chi connectivity index (χ1) is 19.7. The molecule has 0 bridgehead atoms. The number of likely N-dealkylation sites (tertiary alicyclic amines) is 2. The van der Waals surface area contributed by atoms with Gasteiger partial charge in [-0.2, -0.15) is 5.26 Å². The summed E-state index contributed by atoms with van der Waals surface area (Å²) in [7, 11) is 2.13. The maximum Gasteiger partial charge on any atom is 0.255 e. The van der Waals surface area contributed by atoms with Gasteiger partial charge in [0.15, 0.2) is 0 Å². The van der Waals surface area contributed by atoms with Crippen molar-refractivity contribution in [2.45, 2.75) is 25.9 Å². The molecule has 0 radical (unpaired) electrons. The fourth-order valence-corrected chi connectivity index (χ4v) is 7.76. The third kappa shape index (κ3) is 4.35. The molecule has 1 aromatic carbocycles. The average Bonchev–Trinajstić information content (AvgIpc) is 2.92. The lowest BCUT2D eigenvalue weighted by Gasteiger charge is -2.59. The highest BCUT2D eigenvalue weighted by atomic mass is 16.2. The van der Waals surface area contributed by atoms with Crippen molar-refractivity contribution in [3.8, 4) is 6.07 Å². The summed E-state index contributed by atoms with van der Waals surface area (Å²) >= 11 is 0. The number of nitriles is 1. The van der Waals surface area contributed by atoms with Crippen LogP contribution in [-0.4, -0.2) is 109 Å². The number of nitrogens with zero attached hydrogens (tertiary/aromatic N) is 7. The van der Waals surface area contributed by atoms with Gasteiger partial charge in [-0.25, -0.2) is 4.98 Å². The quantitative estimate of drug-likeness (QED) is 0.526. The van der Waals surface area contributed by atoms with Gasteiger partial charge in [-0.05, 0) is 50.7 Å². The van der Waals surface area contributed by atoms with Crippen molar-refractivity contribution in [3.05, 3.63) is 63.6 Å². The minimum Gasteiger partial charge on any atom is -0.368 e. The molecule has 2 atom stereocenters. The molecule has 3 aromatic rings. The number of aromatic nitrogens is 2. The number of pyridine rings is 2.